The number of halogens is 8. The molecule has 0 aromatic carbocycles. The molecule has 8 N–H and O–H groups in total. The standard InChI is InChI=1S/C18H16F3N5O2.C14H20ClN3O4.C14H19N3O2.C9H6ClF3N2O2.C9H11N3.C5H9BO2/c1-17(18(19,20)21)25-15(27)13-7-6-12(16(28)26(13)17)24-14-8-11(22-9-23-14)5-4-10-2-3-10;1-13(2,3)21-11(19)18(12(20)22-14(4,5)6)10-7-9(15)16-8-17-10;1-14(2,3)19-13(18)17-12-8-11(15-9-16-12)7-6-10-4-5-10;1-8(9(11,12)13)14-6(16)5-3-2-4(10)7(17)15(5)8;10-9-5-8(11-6-12-9)4-3-7-1-2-7;7-6(8)4-3-5-1-2-5/h4-10H,2-3H2,1H3,(H,25,27)(H,22,23,24);7-8H,1-6H3;6-10H,4-5H2,1-3H3,(H,15,16,17,18);2-3H,1H3,(H,14,16);3-7H,1-2H2,(H2,10,11,12);3-5,7-8H,1-2H2/b5-4+;;7-6+;;2*4-3+. The highest BCUT2D eigenvalue weighted by Gasteiger charge is 2.60. The Morgan fingerprint density at radius 2 is 0.972 bits per heavy atom. The normalized spacial score (nSPS) is 18.1. The van der Waals surface area contributed by atoms with E-state index in [4.69, 9.17) is 53.2 Å². The van der Waals surface area contributed by atoms with Crippen molar-refractivity contribution >= 4 is 108 Å². The number of carbonyl (C=O) groups excluding carboxylic acids is 5. The van der Waals surface area contributed by atoms with Gasteiger partial charge in [-0.25, -0.2) is 54.3 Å². The number of nitrogens with one attached hydrogen (secondary N) is 4. The van der Waals surface area contributed by atoms with Crippen LogP contribution < -0.4 is 43.0 Å². The molecule has 4 fully saturated rings. The number of anilines is 5. The first-order valence-corrected chi connectivity index (χ1v) is 33.9. The number of allylic oxidation sites excluding steroid dienone is 4. The fourth-order valence-corrected chi connectivity index (χ4v) is 9.28. The molecule has 0 radical (unpaired) electrons. The maximum Gasteiger partial charge on any atom is 0.480 e. The van der Waals surface area contributed by atoms with Crippen LogP contribution in [-0.2, 0) is 25.5 Å². The number of pyridine rings is 2. The van der Waals surface area contributed by atoms with Gasteiger partial charge in [0, 0.05) is 24.3 Å². The van der Waals surface area contributed by atoms with Crippen molar-refractivity contribution in [3.8, 4) is 0 Å². The van der Waals surface area contributed by atoms with Gasteiger partial charge in [0.2, 0.25) is 11.3 Å². The van der Waals surface area contributed by atoms with Crippen LogP contribution in [0.2, 0.25) is 10.2 Å². The van der Waals surface area contributed by atoms with E-state index < -0.39 is 88.8 Å². The number of carbonyl (C=O) groups is 5. The van der Waals surface area contributed by atoms with Crippen molar-refractivity contribution in [3.63, 3.8) is 0 Å². The first-order chi connectivity index (χ1) is 49.3. The highest BCUT2D eigenvalue weighted by Crippen LogP contribution is 2.40. The van der Waals surface area contributed by atoms with E-state index in [1.54, 1.807) is 65.1 Å². The third-order valence-electron chi connectivity index (χ3n) is 14.9. The lowest BCUT2D eigenvalue weighted by Gasteiger charge is -2.29. The second-order valence-corrected chi connectivity index (χ2v) is 28.8. The molecule has 6 aliphatic rings. The molecule has 4 aliphatic carbocycles. The zero-order valence-corrected chi connectivity index (χ0v) is 61.1. The van der Waals surface area contributed by atoms with Gasteiger partial charge in [-0.3, -0.25) is 33.6 Å². The van der Waals surface area contributed by atoms with E-state index in [0.717, 1.165) is 55.5 Å². The SMILES string of the molecule is CC(C)(C)OC(=O)N(C(=O)OC(C)(C)C)c1cc(Cl)ncn1.CC(C)(C)OC(=O)Nc1cc(/C=C/C2CC2)ncn1.CC1(C(F)(F)F)NC(=O)c2ccc(Cl)c(=O)n21.CC1(C(F)(F)F)NC(=O)c2ccc(Nc3cc(/C=C/C4CC4)ncn3)c(=O)n21.Nc1cc(/C=C/C2CC2)ncn1.OB(O)/C=C/C1CC1. The minimum Gasteiger partial charge on any atom is -0.444 e. The van der Waals surface area contributed by atoms with E-state index in [9.17, 15) is 59.9 Å². The average Bonchev–Trinajstić information content (AvgIpc) is 1.62. The molecule has 6 aromatic heterocycles. The predicted molar refractivity (Wildman–Crippen MR) is 384 cm³/mol. The van der Waals surface area contributed by atoms with Gasteiger partial charge >= 0.3 is 37.8 Å². The second kappa shape index (κ2) is 34.4. The number of nitrogen functional groups attached to an aromatic ring is 1. The van der Waals surface area contributed by atoms with E-state index in [-0.39, 0.29) is 38.9 Å². The Labute approximate surface area is 615 Å². The minimum absolute atomic E-state index is 0.0245. The summed E-state index contributed by atoms with van der Waals surface area (Å²) in [6.45, 7) is 17.0. The molecule has 0 bridgehead atoms. The Morgan fingerprint density at radius 1 is 0.566 bits per heavy atom. The molecule has 6 aromatic rings. The highest BCUT2D eigenvalue weighted by molar-refractivity contribution is 6.47. The van der Waals surface area contributed by atoms with Gasteiger partial charge in [-0.15, -0.1) is 0 Å². The van der Waals surface area contributed by atoms with Gasteiger partial charge in [-0.1, -0.05) is 53.5 Å². The smallest absolute Gasteiger partial charge is 0.444 e. The summed E-state index contributed by atoms with van der Waals surface area (Å²) < 4.78 is 95.6. The van der Waals surface area contributed by atoms with Gasteiger partial charge in [-0.2, -0.15) is 31.2 Å². The summed E-state index contributed by atoms with van der Waals surface area (Å²) in [5, 5.41) is 25.2. The number of nitrogens with two attached hydrogens (primary N) is 1. The largest absolute Gasteiger partial charge is 0.480 e. The summed E-state index contributed by atoms with van der Waals surface area (Å²) in [7, 11) is -1.25. The topological polar surface area (TPSA) is 378 Å². The van der Waals surface area contributed by atoms with Crippen LogP contribution in [0.5, 0.6) is 0 Å². The number of amides is 5. The number of alkyl halides is 6. The molecule has 106 heavy (non-hydrogen) atoms. The van der Waals surface area contributed by atoms with Gasteiger partial charge in [0.25, 0.3) is 22.9 Å². The maximum atomic E-state index is 13.5. The Balaban J connectivity index is 0.000000184. The Hall–Kier alpha value is -10.1. The van der Waals surface area contributed by atoms with E-state index in [0.29, 0.717) is 56.0 Å². The quantitative estimate of drug-likeness (QED) is 0.0259. The molecule has 8 heterocycles. The van der Waals surface area contributed by atoms with Gasteiger partial charge in [0.05, 0.1) is 17.1 Å². The number of imide groups is 1. The maximum absolute atomic E-state index is 13.5. The van der Waals surface area contributed by atoms with Crippen LogP contribution in [0.1, 0.15) is 166 Å². The number of aromatic nitrogens is 10. The van der Waals surface area contributed by atoms with Gasteiger partial charge in [0.1, 0.15) is 86.8 Å². The van der Waals surface area contributed by atoms with Gasteiger partial charge < -0.3 is 45.9 Å². The molecule has 5 amide bonds. The van der Waals surface area contributed by atoms with Crippen molar-refractivity contribution in [2.45, 2.75) is 168 Å². The van der Waals surface area contributed by atoms with Crippen LogP contribution in [0.15, 0.2) is 114 Å². The van der Waals surface area contributed by atoms with Crippen LogP contribution in [0.25, 0.3) is 18.2 Å². The van der Waals surface area contributed by atoms with E-state index in [1.807, 2.05) is 56.5 Å². The Bertz CT molecular complexity index is 4380. The molecular weight excluding hydrogens is 1440 g/mol. The Morgan fingerprint density at radius 3 is 1.40 bits per heavy atom. The van der Waals surface area contributed by atoms with Crippen molar-refractivity contribution < 1.29 is 74.6 Å². The lowest BCUT2D eigenvalue weighted by molar-refractivity contribution is -0.213. The number of rotatable bonds is 12. The molecule has 28 nitrogen and oxygen atoms in total. The highest BCUT2D eigenvalue weighted by atomic mass is 35.5. The third-order valence-corrected chi connectivity index (χ3v) is 15.4. The summed E-state index contributed by atoms with van der Waals surface area (Å²) in [6.07, 6.45) is 17.2. The number of nitrogens with zero attached hydrogens (tertiary/aromatic N) is 11. The molecular formula is C69H81BCl2F6N16O12. The fourth-order valence-electron chi connectivity index (χ4n) is 8.99. The summed E-state index contributed by atoms with van der Waals surface area (Å²) >= 11 is 11.3. The number of hydrogen-bond acceptors (Lipinski definition) is 22. The predicted octanol–water partition coefficient (Wildman–Crippen LogP) is 12.8. The zero-order valence-electron chi connectivity index (χ0n) is 59.6. The minimum atomic E-state index is -4.86. The number of fused-ring (bicyclic) bond motifs is 2. The van der Waals surface area contributed by atoms with Gasteiger partial charge in [-0.05, 0) is 194 Å². The molecule has 0 saturated heterocycles. The van der Waals surface area contributed by atoms with Crippen molar-refractivity contribution in [2.75, 3.05) is 21.3 Å². The molecule has 568 valence electrons. The van der Waals surface area contributed by atoms with Crippen molar-refractivity contribution in [3.05, 3.63) is 163 Å². The lowest BCUT2D eigenvalue weighted by atomic mass is 9.91. The molecule has 0 spiro atoms. The average molecular weight is 1520 g/mol. The molecule has 2 atom stereocenters. The van der Waals surface area contributed by atoms with Crippen LogP contribution in [0, 0.1) is 23.7 Å². The van der Waals surface area contributed by atoms with Crippen LogP contribution in [-0.4, -0.2) is 125 Å². The van der Waals surface area contributed by atoms with E-state index in [2.05, 4.69) is 62.7 Å². The van der Waals surface area contributed by atoms with Crippen molar-refractivity contribution in [1.82, 2.24) is 59.6 Å². The molecule has 4 saturated carbocycles. The summed E-state index contributed by atoms with van der Waals surface area (Å²) in [6, 6.07) is 11.0. The molecule has 37 heteroatoms. The second-order valence-electron chi connectivity index (χ2n) is 28.0. The zero-order chi connectivity index (χ0) is 78.5. The first-order valence-electron chi connectivity index (χ1n) is 33.1. The Kier molecular flexibility index (Phi) is 27.0. The molecule has 2 aliphatic heterocycles. The lowest BCUT2D eigenvalue weighted by Crippen LogP contribution is -2.55. The van der Waals surface area contributed by atoms with E-state index >= 15 is 0 Å². The number of hydrogen-bond donors (Lipinski definition) is 7. The molecule has 12 rings (SSSR count). The monoisotopic (exact) mass is 1520 g/mol. The van der Waals surface area contributed by atoms with Crippen molar-refractivity contribution in [1.29, 1.82) is 0 Å². The van der Waals surface area contributed by atoms with Crippen molar-refractivity contribution in [2.24, 2.45) is 23.7 Å². The summed E-state index contributed by atoms with van der Waals surface area (Å²) in [5.74, 6) is 3.36. The van der Waals surface area contributed by atoms with Crippen LogP contribution in [0.3, 0.4) is 0 Å². The van der Waals surface area contributed by atoms with E-state index in [1.165, 1.54) is 81.7 Å². The summed E-state index contributed by atoms with van der Waals surface area (Å²) in [5.41, 5.74) is -2.77. The van der Waals surface area contributed by atoms with Gasteiger partial charge in [0.15, 0.2) is 5.82 Å². The third kappa shape index (κ3) is 25.3. The first kappa shape index (κ1) is 83.2. The van der Waals surface area contributed by atoms with Crippen LogP contribution >= 0.6 is 23.2 Å². The molecule has 2 unspecified atom stereocenters. The summed E-state index contributed by atoms with van der Waals surface area (Å²) in [4.78, 5) is 116. The van der Waals surface area contributed by atoms with Crippen LogP contribution in [0.4, 0.5) is 69.7 Å². The fraction of sp³-hybridized carbons (Fsp3) is 0.435. The number of ether oxygens (including phenoxy) is 3.